The van der Waals surface area contributed by atoms with Crippen molar-refractivity contribution in [2.75, 3.05) is 0 Å². The molecule has 0 saturated heterocycles. The number of carbonyl (C=O) groups excluding carboxylic acids is 1. The monoisotopic (exact) mass is 393 g/mol. The highest BCUT2D eigenvalue weighted by Gasteiger charge is 2.56. The first-order chi connectivity index (χ1) is 14.6. The molecule has 0 radical (unpaired) electrons. The van der Waals surface area contributed by atoms with E-state index in [4.69, 9.17) is 4.74 Å². The molecule has 0 N–H and O–H groups in total. The number of hydrogen-bond donors (Lipinski definition) is 0. The predicted octanol–water partition coefficient (Wildman–Crippen LogP) is 5.97. The van der Waals surface area contributed by atoms with Crippen molar-refractivity contribution in [1.82, 2.24) is 4.98 Å². The molecule has 1 aromatic heterocycles. The lowest BCUT2D eigenvalue weighted by atomic mass is 9.47. The third-order valence-corrected chi connectivity index (χ3v) is 8.44. The number of fused-ring (bicyclic) bond motifs is 5. The summed E-state index contributed by atoms with van der Waals surface area (Å²) in [6.07, 6.45) is 12.1. The average molecular weight is 394 g/mol. The Hall–Kier alpha value is -1.90. The first-order valence-corrected chi connectivity index (χ1v) is 11.1. The Morgan fingerprint density at radius 1 is 1.21 bits per heavy atom. The second kappa shape index (κ2) is 6.82. The molecule has 6 atom stereocenters. The van der Waals surface area contributed by atoms with Gasteiger partial charge < -0.3 is 4.74 Å². The topological polar surface area (TPSA) is 39.2 Å². The first-order valence-electron chi connectivity index (χ1n) is 12.1. The van der Waals surface area contributed by atoms with Gasteiger partial charge in [-0.15, -0.1) is 0 Å². The van der Waals surface area contributed by atoms with E-state index in [1.165, 1.54) is 18.1 Å². The van der Waals surface area contributed by atoms with E-state index in [0.717, 1.165) is 37.7 Å². The molecule has 5 rings (SSSR count). The van der Waals surface area contributed by atoms with E-state index in [-0.39, 0.29) is 28.8 Å². The summed E-state index contributed by atoms with van der Waals surface area (Å²) in [7, 11) is 0. The highest BCUT2D eigenvalue weighted by molar-refractivity contribution is 5.72. The zero-order chi connectivity index (χ0) is 22.0. The van der Waals surface area contributed by atoms with Crippen molar-refractivity contribution in [1.29, 1.82) is 0 Å². The van der Waals surface area contributed by atoms with E-state index in [1.54, 1.807) is 6.20 Å². The molecule has 4 aliphatic rings. The number of aromatic nitrogens is 1. The summed E-state index contributed by atoms with van der Waals surface area (Å²) >= 11 is 0. The predicted molar refractivity (Wildman–Crippen MR) is 115 cm³/mol. The first kappa shape index (κ1) is 16.8. The van der Waals surface area contributed by atoms with Crippen molar-refractivity contribution in [2.45, 2.75) is 71.8 Å². The minimum Gasteiger partial charge on any atom is -0.462 e. The second-order valence-corrected chi connectivity index (χ2v) is 10.00. The minimum absolute atomic E-state index is 0.0120. The second-order valence-electron chi connectivity index (χ2n) is 10.00. The third kappa shape index (κ3) is 2.92. The maximum Gasteiger partial charge on any atom is 0.302 e. The number of allylic oxidation sites excluding steroid dienone is 3. The molecule has 3 nitrogen and oxygen atoms in total. The maximum absolute atomic E-state index is 11.5. The largest absolute Gasteiger partial charge is 0.462 e. The molecule has 0 spiro atoms. The molecular formula is C26H33NO2. The Bertz CT molecular complexity index is 955. The van der Waals surface area contributed by atoms with Gasteiger partial charge in [0.15, 0.2) is 0 Å². The molecule has 154 valence electrons. The van der Waals surface area contributed by atoms with Gasteiger partial charge in [0.1, 0.15) is 6.10 Å². The minimum atomic E-state index is -1.25. The quantitative estimate of drug-likeness (QED) is 0.459. The Morgan fingerprint density at radius 3 is 2.83 bits per heavy atom. The van der Waals surface area contributed by atoms with Crippen molar-refractivity contribution < 1.29 is 12.3 Å². The van der Waals surface area contributed by atoms with Gasteiger partial charge in [0.25, 0.3) is 0 Å². The molecular weight excluding hydrogens is 358 g/mol. The number of ether oxygens (including phenoxy) is 1. The van der Waals surface area contributed by atoms with Gasteiger partial charge in [-0.3, -0.25) is 9.78 Å². The van der Waals surface area contributed by atoms with Gasteiger partial charge in [-0.2, -0.15) is 0 Å². The molecule has 0 amide bonds. The van der Waals surface area contributed by atoms with E-state index in [2.05, 4.69) is 37.0 Å². The van der Waals surface area contributed by atoms with Crippen LogP contribution in [0.1, 0.15) is 74.0 Å². The van der Waals surface area contributed by atoms with Crippen molar-refractivity contribution in [2.24, 2.45) is 28.6 Å². The SMILES string of the molecule is [2H]C1([2H])C[C@]2(C)C(c3cccnc3)=CCC2C2CC=C3C[C@@H](OC(C)=O)CC[C@]3(C)C21. The molecule has 2 fully saturated rings. The molecule has 1 aromatic rings. The van der Waals surface area contributed by atoms with Gasteiger partial charge in [-0.05, 0) is 84.3 Å². The van der Waals surface area contributed by atoms with Crippen LogP contribution in [0.4, 0.5) is 0 Å². The molecule has 3 unspecified atom stereocenters. The fraction of sp³-hybridized carbons (Fsp3) is 0.615. The Kier molecular flexibility index (Phi) is 3.96. The Morgan fingerprint density at radius 2 is 2.07 bits per heavy atom. The summed E-state index contributed by atoms with van der Waals surface area (Å²) in [5.74, 6) is 0.583. The van der Waals surface area contributed by atoms with E-state index >= 15 is 0 Å². The fourth-order valence-electron chi connectivity index (χ4n) is 6.97. The van der Waals surface area contributed by atoms with Crippen LogP contribution >= 0.6 is 0 Å². The van der Waals surface area contributed by atoms with Gasteiger partial charge >= 0.3 is 5.97 Å². The molecule has 4 aliphatic carbocycles. The zero-order valence-corrected chi connectivity index (χ0v) is 17.8. The summed E-state index contributed by atoms with van der Waals surface area (Å²) < 4.78 is 24.1. The molecule has 0 bridgehead atoms. The van der Waals surface area contributed by atoms with Crippen LogP contribution in [0, 0.1) is 28.6 Å². The summed E-state index contributed by atoms with van der Waals surface area (Å²) in [5.41, 5.74) is 3.43. The van der Waals surface area contributed by atoms with Crippen LogP contribution in [0.2, 0.25) is 0 Å². The standard InChI is InChI=1S/C26H33NO2/c1-17(28)29-20-10-12-25(2)19(15-20)6-7-21-23-9-8-22(18-5-4-14-27-16-18)26(23,3)13-11-24(21)25/h4-6,8,14,16,20-21,23-24H,7,9-13,15H2,1-3H3/t20-,21?,23?,24?,25-,26+/m0/s1/i11D2. The number of carbonyl (C=O) groups is 1. The van der Waals surface area contributed by atoms with E-state index in [9.17, 15) is 7.54 Å². The summed E-state index contributed by atoms with van der Waals surface area (Å²) in [4.78, 5) is 15.8. The van der Waals surface area contributed by atoms with Crippen molar-refractivity contribution in [3.05, 3.63) is 47.8 Å². The molecule has 2 saturated carbocycles. The number of hydrogen-bond acceptors (Lipinski definition) is 3. The molecule has 0 aliphatic heterocycles. The smallest absolute Gasteiger partial charge is 0.302 e. The number of nitrogens with zero attached hydrogens (tertiary/aromatic N) is 1. The average Bonchev–Trinajstić information content (AvgIpc) is 3.03. The van der Waals surface area contributed by atoms with E-state index in [0.29, 0.717) is 18.3 Å². The highest BCUT2D eigenvalue weighted by atomic mass is 16.5. The van der Waals surface area contributed by atoms with E-state index < -0.39 is 6.37 Å². The van der Waals surface area contributed by atoms with Crippen LogP contribution in [0.25, 0.3) is 5.57 Å². The van der Waals surface area contributed by atoms with Gasteiger partial charge in [0.05, 0.1) is 0 Å². The number of rotatable bonds is 2. The van der Waals surface area contributed by atoms with Crippen LogP contribution < -0.4 is 0 Å². The summed E-state index contributed by atoms with van der Waals surface area (Å²) in [6, 6.07) is 4.09. The Labute approximate surface area is 177 Å². The van der Waals surface area contributed by atoms with Gasteiger partial charge in [0.2, 0.25) is 0 Å². The molecule has 0 aromatic carbocycles. The molecule has 3 heteroatoms. The number of esters is 1. The maximum atomic E-state index is 11.5. The lowest BCUT2D eigenvalue weighted by molar-refractivity contribution is -0.148. The lowest BCUT2D eigenvalue weighted by Gasteiger charge is -2.57. The normalized spacial score (nSPS) is 43.6. The Balaban J connectivity index is 1.49. The van der Waals surface area contributed by atoms with Gasteiger partial charge in [0, 0.05) is 28.5 Å². The van der Waals surface area contributed by atoms with Gasteiger partial charge in [-0.1, -0.05) is 37.6 Å². The molecule has 1 heterocycles. The van der Waals surface area contributed by atoms with Crippen LogP contribution in [0.3, 0.4) is 0 Å². The van der Waals surface area contributed by atoms with Crippen LogP contribution in [0.15, 0.2) is 42.3 Å². The van der Waals surface area contributed by atoms with E-state index in [1.807, 2.05) is 12.3 Å². The highest BCUT2D eigenvalue weighted by Crippen LogP contribution is 2.66. The summed E-state index contributed by atoms with van der Waals surface area (Å²) in [5, 5.41) is 0. The zero-order valence-electron chi connectivity index (χ0n) is 19.8. The third-order valence-electron chi connectivity index (χ3n) is 8.44. The fourth-order valence-corrected chi connectivity index (χ4v) is 6.97. The molecule has 29 heavy (non-hydrogen) atoms. The van der Waals surface area contributed by atoms with Crippen LogP contribution in [-0.2, 0) is 9.53 Å². The van der Waals surface area contributed by atoms with Crippen molar-refractivity contribution in [3.63, 3.8) is 0 Å². The lowest BCUT2D eigenvalue weighted by Crippen LogP contribution is -2.50. The summed E-state index contributed by atoms with van der Waals surface area (Å²) in [6.45, 7) is 6.05. The number of pyridine rings is 1. The van der Waals surface area contributed by atoms with Crippen molar-refractivity contribution in [3.8, 4) is 0 Å². The van der Waals surface area contributed by atoms with Crippen molar-refractivity contribution >= 4 is 11.5 Å². The van der Waals surface area contributed by atoms with Crippen LogP contribution in [0.5, 0.6) is 0 Å². The van der Waals surface area contributed by atoms with Crippen LogP contribution in [-0.4, -0.2) is 17.1 Å². The van der Waals surface area contributed by atoms with Gasteiger partial charge in [-0.25, -0.2) is 0 Å².